The van der Waals surface area contributed by atoms with Gasteiger partial charge in [0, 0.05) is 29.6 Å². The number of aryl methyl sites for hydroxylation is 2. The maximum atomic E-state index is 13.8. The summed E-state index contributed by atoms with van der Waals surface area (Å²) in [5, 5.41) is 7.35. The van der Waals surface area contributed by atoms with E-state index in [-0.39, 0.29) is 11.5 Å². The maximum absolute atomic E-state index is 13.8. The predicted octanol–water partition coefficient (Wildman–Crippen LogP) is 2.68. The molecular formula is C27H25N5O3S. The van der Waals surface area contributed by atoms with E-state index < -0.39 is 17.7 Å². The van der Waals surface area contributed by atoms with Gasteiger partial charge in [0.25, 0.3) is 5.56 Å². The summed E-state index contributed by atoms with van der Waals surface area (Å²) in [6.07, 6.45) is 3.59. The number of ether oxygens (including phenoxy) is 1. The van der Waals surface area contributed by atoms with Crippen molar-refractivity contribution in [2.75, 3.05) is 5.32 Å². The quantitative estimate of drug-likeness (QED) is 0.469. The molecule has 0 radical (unpaired) electrons. The van der Waals surface area contributed by atoms with Crippen molar-refractivity contribution in [2.24, 2.45) is 18.0 Å². The summed E-state index contributed by atoms with van der Waals surface area (Å²) in [5.41, 5.74) is 2.94. The molecular weight excluding hydrogens is 474 g/mol. The van der Waals surface area contributed by atoms with Crippen molar-refractivity contribution in [2.45, 2.75) is 32.5 Å². The van der Waals surface area contributed by atoms with Crippen LogP contribution < -0.4 is 24.9 Å². The molecule has 4 heterocycles. The van der Waals surface area contributed by atoms with Crippen LogP contribution in [0.3, 0.4) is 0 Å². The maximum Gasteiger partial charge on any atom is 0.270 e. The number of fused-ring (bicyclic) bond motifs is 6. The first-order valence-electron chi connectivity index (χ1n) is 11.7. The first kappa shape index (κ1) is 22.5. The number of nitrogens with zero attached hydrogens (tertiary/aromatic N) is 4. The van der Waals surface area contributed by atoms with Crippen molar-refractivity contribution in [3.05, 3.63) is 96.8 Å². The summed E-state index contributed by atoms with van der Waals surface area (Å²) in [4.78, 5) is 33.1. The number of nitrogens with one attached hydrogen (secondary N) is 1. The Balaban J connectivity index is 1.55. The molecule has 182 valence electrons. The molecule has 0 unspecified atom stereocenters. The molecule has 4 aromatic rings. The molecule has 0 saturated carbocycles. The third-order valence-electron chi connectivity index (χ3n) is 7.12. The molecule has 0 fully saturated rings. The van der Waals surface area contributed by atoms with Crippen LogP contribution in [0.25, 0.3) is 6.08 Å². The zero-order valence-electron chi connectivity index (χ0n) is 20.4. The van der Waals surface area contributed by atoms with Crippen LogP contribution in [0, 0.1) is 19.8 Å². The highest BCUT2D eigenvalue weighted by Crippen LogP contribution is 2.47. The lowest BCUT2D eigenvalue weighted by Crippen LogP contribution is -2.59. The highest BCUT2D eigenvalue weighted by Gasteiger charge is 2.55. The molecule has 3 atom stereocenters. The SMILES string of the molecule is Cc1ccccc1NC(=O)[C@@H]1[C@H]2c3ccccc3O[C@@]1(C)N=c1s/c(=C/c3cnn(C)c3C)c(=O)n12. The molecule has 1 amide bonds. The summed E-state index contributed by atoms with van der Waals surface area (Å²) in [7, 11) is 1.87. The summed E-state index contributed by atoms with van der Waals surface area (Å²) in [5.74, 6) is -0.363. The van der Waals surface area contributed by atoms with Crippen molar-refractivity contribution < 1.29 is 9.53 Å². The number of amides is 1. The number of carbonyl (C=O) groups is 1. The summed E-state index contributed by atoms with van der Waals surface area (Å²) in [6.45, 7) is 5.72. The zero-order chi connectivity index (χ0) is 25.2. The standard InChI is InChI=1S/C27H25N5O3S/c1-15-9-5-7-11-19(15)29-24(33)22-23-18-10-6-8-12-20(18)35-27(22,3)30-26-32(23)25(34)21(36-26)13-17-14-28-31(4)16(17)2/h5-14,22-23H,1-4H3,(H,29,33)/b21-13+/t22-,23+,27+/m0/s1. The molecule has 36 heavy (non-hydrogen) atoms. The Labute approximate surface area is 211 Å². The molecule has 2 aromatic carbocycles. The Hall–Kier alpha value is -3.98. The number of rotatable bonds is 3. The first-order valence-corrected chi connectivity index (χ1v) is 12.5. The van der Waals surface area contributed by atoms with Gasteiger partial charge in [-0.3, -0.25) is 18.8 Å². The van der Waals surface area contributed by atoms with E-state index in [9.17, 15) is 9.59 Å². The zero-order valence-corrected chi connectivity index (χ0v) is 21.2. The molecule has 0 saturated heterocycles. The number of carbonyl (C=O) groups excluding carboxylic acids is 1. The van der Waals surface area contributed by atoms with Gasteiger partial charge in [0.15, 0.2) is 4.80 Å². The fourth-order valence-corrected chi connectivity index (χ4v) is 6.16. The van der Waals surface area contributed by atoms with Crippen molar-refractivity contribution in [3.63, 3.8) is 0 Å². The molecule has 1 N–H and O–H groups in total. The van der Waals surface area contributed by atoms with Gasteiger partial charge in [-0.25, -0.2) is 4.99 Å². The second kappa shape index (κ2) is 8.03. The number of anilines is 1. The lowest BCUT2D eigenvalue weighted by Gasteiger charge is -2.45. The van der Waals surface area contributed by atoms with E-state index in [2.05, 4.69) is 10.4 Å². The highest BCUT2D eigenvalue weighted by molar-refractivity contribution is 7.07. The minimum absolute atomic E-state index is 0.181. The van der Waals surface area contributed by atoms with E-state index in [1.807, 2.05) is 82.4 Å². The molecule has 8 nitrogen and oxygen atoms in total. The number of benzene rings is 2. The van der Waals surface area contributed by atoms with Crippen molar-refractivity contribution in [1.82, 2.24) is 14.3 Å². The Bertz CT molecular complexity index is 1720. The van der Waals surface area contributed by atoms with Gasteiger partial charge in [0.2, 0.25) is 11.6 Å². The Morgan fingerprint density at radius 3 is 2.67 bits per heavy atom. The number of para-hydroxylation sites is 2. The van der Waals surface area contributed by atoms with Crippen LogP contribution in [0.5, 0.6) is 5.75 Å². The van der Waals surface area contributed by atoms with Gasteiger partial charge in [0.05, 0.1) is 16.8 Å². The summed E-state index contributed by atoms with van der Waals surface area (Å²) < 4.78 is 10.3. The normalized spacial score (nSPS) is 22.3. The minimum Gasteiger partial charge on any atom is -0.465 e. The average molecular weight is 500 g/mol. The van der Waals surface area contributed by atoms with E-state index in [0.29, 0.717) is 15.1 Å². The summed E-state index contributed by atoms with van der Waals surface area (Å²) in [6, 6.07) is 14.6. The van der Waals surface area contributed by atoms with Gasteiger partial charge < -0.3 is 10.1 Å². The highest BCUT2D eigenvalue weighted by atomic mass is 32.1. The topological polar surface area (TPSA) is 90.5 Å². The predicted molar refractivity (Wildman–Crippen MR) is 138 cm³/mol. The van der Waals surface area contributed by atoms with Crippen molar-refractivity contribution in [1.29, 1.82) is 0 Å². The molecule has 6 rings (SSSR count). The lowest BCUT2D eigenvalue weighted by molar-refractivity contribution is -0.131. The molecule has 2 bridgehead atoms. The molecule has 0 spiro atoms. The Morgan fingerprint density at radius 2 is 1.92 bits per heavy atom. The van der Waals surface area contributed by atoms with E-state index in [4.69, 9.17) is 9.73 Å². The third-order valence-corrected chi connectivity index (χ3v) is 8.11. The second-order valence-electron chi connectivity index (χ2n) is 9.41. The summed E-state index contributed by atoms with van der Waals surface area (Å²) >= 11 is 1.30. The molecule has 2 aromatic heterocycles. The van der Waals surface area contributed by atoms with Gasteiger partial charge in [-0.2, -0.15) is 5.10 Å². The van der Waals surface area contributed by atoms with Gasteiger partial charge in [-0.15, -0.1) is 0 Å². The van der Waals surface area contributed by atoms with Crippen LogP contribution in [0.1, 0.15) is 35.3 Å². The fraction of sp³-hybridized carbons (Fsp3) is 0.259. The minimum atomic E-state index is -1.18. The van der Waals surface area contributed by atoms with Crippen LogP contribution in [0.2, 0.25) is 0 Å². The van der Waals surface area contributed by atoms with Crippen LogP contribution in [0.4, 0.5) is 5.69 Å². The van der Waals surface area contributed by atoms with Crippen LogP contribution in [0.15, 0.2) is 64.5 Å². The number of aromatic nitrogens is 3. The Kier molecular flexibility index (Phi) is 5.01. The second-order valence-corrected chi connectivity index (χ2v) is 10.4. The van der Waals surface area contributed by atoms with E-state index in [1.54, 1.807) is 15.4 Å². The number of hydrogen-bond acceptors (Lipinski definition) is 6. The van der Waals surface area contributed by atoms with Gasteiger partial charge >= 0.3 is 0 Å². The largest absolute Gasteiger partial charge is 0.465 e. The van der Waals surface area contributed by atoms with E-state index >= 15 is 0 Å². The monoisotopic (exact) mass is 499 g/mol. The number of thiazole rings is 1. The third kappa shape index (κ3) is 3.34. The Morgan fingerprint density at radius 1 is 1.17 bits per heavy atom. The van der Waals surface area contributed by atoms with Gasteiger partial charge in [-0.1, -0.05) is 47.7 Å². The fourth-order valence-electron chi connectivity index (χ4n) is 5.07. The molecule has 0 aliphatic carbocycles. The van der Waals surface area contributed by atoms with E-state index in [0.717, 1.165) is 28.1 Å². The van der Waals surface area contributed by atoms with E-state index in [1.165, 1.54) is 11.3 Å². The van der Waals surface area contributed by atoms with Crippen molar-refractivity contribution >= 4 is 29.0 Å². The van der Waals surface area contributed by atoms with Gasteiger partial charge in [-0.05, 0) is 44.5 Å². The average Bonchev–Trinajstić information content (AvgIpc) is 3.32. The van der Waals surface area contributed by atoms with Crippen LogP contribution in [-0.4, -0.2) is 26.0 Å². The van der Waals surface area contributed by atoms with Crippen LogP contribution >= 0.6 is 11.3 Å². The van der Waals surface area contributed by atoms with Gasteiger partial charge in [0.1, 0.15) is 11.7 Å². The van der Waals surface area contributed by atoms with Crippen molar-refractivity contribution in [3.8, 4) is 5.75 Å². The molecule has 9 heteroatoms. The smallest absolute Gasteiger partial charge is 0.270 e. The lowest BCUT2D eigenvalue weighted by atomic mass is 9.80. The van der Waals surface area contributed by atoms with Crippen LogP contribution in [-0.2, 0) is 11.8 Å². The molecule has 2 aliphatic heterocycles. The first-order chi connectivity index (χ1) is 17.3. The number of hydrogen-bond donors (Lipinski definition) is 1. The molecule has 2 aliphatic rings.